The molecule has 1 aliphatic heterocycles. The number of likely N-dealkylation sites (N-methyl/N-ethyl adjacent to an activating group) is 1. The Morgan fingerprint density at radius 2 is 1.69 bits per heavy atom. The van der Waals surface area contributed by atoms with E-state index in [9.17, 15) is 4.79 Å². The first kappa shape index (κ1) is 22.3. The third kappa shape index (κ3) is 4.37. The normalized spacial score (nSPS) is 12.7. The van der Waals surface area contributed by atoms with Crippen LogP contribution >= 0.6 is 11.3 Å². The van der Waals surface area contributed by atoms with Crippen LogP contribution in [0.5, 0.6) is 11.5 Å². The molecule has 32 heavy (non-hydrogen) atoms. The lowest BCUT2D eigenvalue weighted by Gasteiger charge is -2.22. The van der Waals surface area contributed by atoms with E-state index in [1.165, 1.54) is 11.3 Å². The van der Waals surface area contributed by atoms with Gasteiger partial charge >= 0.3 is 0 Å². The maximum atomic E-state index is 13.6. The van der Waals surface area contributed by atoms with Crippen LogP contribution in [0.25, 0.3) is 21.0 Å². The molecule has 0 saturated carbocycles. The number of thiazole rings is 1. The van der Waals surface area contributed by atoms with Crippen molar-refractivity contribution in [3.63, 3.8) is 0 Å². The minimum absolute atomic E-state index is 0. The highest BCUT2D eigenvalue weighted by Gasteiger charge is 2.23. The highest BCUT2D eigenvalue weighted by Crippen LogP contribution is 2.39. The van der Waals surface area contributed by atoms with E-state index in [4.69, 9.17) is 14.5 Å². The van der Waals surface area contributed by atoms with Crippen LogP contribution < -0.4 is 26.8 Å². The minimum atomic E-state index is -0.0519. The van der Waals surface area contributed by atoms with Crippen molar-refractivity contribution in [1.82, 2.24) is 9.88 Å². The van der Waals surface area contributed by atoms with E-state index >= 15 is 0 Å². The van der Waals surface area contributed by atoms with Crippen LogP contribution in [-0.4, -0.2) is 56.2 Å². The summed E-state index contributed by atoms with van der Waals surface area (Å²) >= 11 is 1.50. The molecule has 0 unspecified atom stereocenters. The monoisotopic (exact) mass is 468 g/mol. The molecule has 2 heterocycles. The fourth-order valence-electron chi connectivity index (χ4n) is 3.63. The summed E-state index contributed by atoms with van der Waals surface area (Å²) in [7, 11) is 4.00. The van der Waals surface area contributed by atoms with Crippen LogP contribution in [0, 0.1) is 0 Å². The lowest BCUT2D eigenvalue weighted by molar-refractivity contribution is -0.0000144. The third-order valence-corrected chi connectivity index (χ3v) is 6.33. The van der Waals surface area contributed by atoms with Gasteiger partial charge in [0.05, 0.1) is 10.2 Å². The van der Waals surface area contributed by atoms with Crippen molar-refractivity contribution in [2.75, 3.05) is 45.3 Å². The van der Waals surface area contributed by atoms with Gasteiger partial charge in [-0.1, -0.05) is 41.7 Å². The van der Waals surface area contributed by atoms with Crippen LogP contribution in [0.15, 0.2) is 54.6 Å². The highest BCUT2D eigenvalue weighted by atomic mass is 35.5. The first-order valence-corrected chi connectivity index (χ1v) is 11.1. The quantitative estimate of drug-likeness (QED) is 0.443. The van der Waals surface area contributed by atoms with E-state index in [0.717, 1.165) is 33.3 Å². The lowest BCUT2D eigenvalue weighted by Crippen LogP contribution is -3.00. The number of carbonyl (C=O) groups is 1. The molecule has 0 N–H and O–H groups in total. The summed E-state index contributed by atoms with van der Waals surface area (Å²) in [4.78, 5) is 22.2. The van der Waals surface area contributed by atoms with E-state index in [-0.39, 0.29) is 18.3 Å². The zero-order valence-corrected chi connectivity index (χ0v) is 19.4. The number of hydrogen-bond donors (Lipinski definition) is 0. The summed E-state index contributed by atoms with van der Waals surface area (Å²) in [6, 6.07) is 17.7. The van der Waals surface area contributed by atoms with Gasteiger partial charge in [0.2, 0.25) is 0 Å². The Hall–Kier alpha value is -2.87. The van der Waals surface area contributed by atoms with Gasteiger partial charge in [-0.15, -0.1) is 0 Å². The van der Waals surface area contributed by atoms with Crippen molar-refractivity contribution in [3.8, 4) is 11.5 Å². The van der Waals surface area contributed by atoms with Gasteiger partial charge in [0, 0.05) is 30.8 Å². The van der Waals surface area contributed by atoms with E-state index in [1.807, 2.05) is 68.7 Å². The van der Waals surface area contributed by atoms with Gasteiger partial charge in [0.25, 0.3) is 5.91 Å². The molecule has 0 fully saturated rings. The smallest absolute Gasteiger partial charge is 0.260 e. The maximum Gasteiger partial charge on any atom is 0.260 e. The molecule has 0 atom stereocenters. The molecule has 8 heteroatoms. The van der Waals surface area contributed by atoms with E-state index in [1.54, 1.807) is 4.90 Å². The maximum absolute atomic E-state index is 13.6. The summed E-state index contributed by atoms with van der Waals surface area (Å²) in [6.45, 7) is 2.35. The Kier molecular flexibility index (Phi) is 6.50. The van der Waals surface area contributed by atoms with Crippen molar-refractivity contribution in [1.29, 1.82) is 0 Å². The number of anilines is 1. The molecule has 5 rings (SSSR count). The number of halogens is 1. The number of ether oxygens (including phenoxy) is 2. The molecular weight excluding hydrogens is 446 g/mol. The number of amides is 1. The molecule has 1 amide bonds. The van der Waals surface area contributed by atoms with E-state index in [2.05, 4.69) is 4.90 Å². The number of rotatable bonds is 5. The summed E-state index contributed by atoms with van der Waals surface area (Å²) in [6.07, 6.45) is 0. The fourth-order valence-corrected chi connectivity index (χ4v) is 4.63. The number of nitrogens with zero attached hydrogens (tertiary/aromatic N) is 3. The van der Waals surface area contributed by atoms with E-state index < -0.39 is 0 Å². The molecule has 0 bridgehead atoms. The molecule has 0 saturated heterocycles. The average Bonchev–Trinajstić information content (AvgIpc) is 3.19. The van der Waals surface area contributed by atoms with Gasteiger partial charge in [-0.2, -0.15) is 0 Å². The molecule has 1 aliphatic rings. The topological polar surface area (TPSA) is 54.9 Å². The second kappa shape index (κ2) is 9.32. The first-order valence-electron chi connectivity index (χ1n) is 10.2. The Morgan fingerprint density at radius 3 is 2.44 bits per heavy atom. The van der Waals surface area contributed by atoms with Gasteiger partial charge in [-0.25, -0.2) is 4.98 Å². The van der Waals surface area contributed by atoms with Crippen molar-refractivity contribution in [2.24, 2.45) is 0 Å². The predicted molar refractivity (Wildman–Crippen MR) is 125 cm³/mol. The van der Waals surface area contributed by atoms with Crippen molar-refractivity contribution >= 4 is 43.4 Å². The Bertz CT molecular complexity index is 1230. The van der Waals surface area contributed by atoms with Gasteiger partial charge in [-0.05, 0) is 37.0 Å². The van der Waals surface area contributed by atoms with Crippen LogP contribution in [-0.2, 0) is 0 Å². The molecule has 0 radical (unpaired) electrons. The third-order valence-electron chi connectivity index (χ3n) is 5.28. The van der Waals surface area contributed by atoms with E-state index in [0.29, 0.717) is 36.2 Å². The molecular formula is C24H23ClN3O3S-. The van der Waals surface area contributed by atoms with Crippen LogP contribution in [0.3, 0.4) is 0 Å². The number of aromatic nitrogens is 1. The molecule has 1 aromatic heterocycles. The average molecular weight is 469 g/mol. The molecule has 6 nitrogen and oxygen atoms in total. The number of fused-ring (bicyclic) bond motifs is 3. The summed E-state index contributed by atoms with van der Waals surface area (Å²) in [5.41, 5.74) is 1.47. The van der Waals surface area contributed by atoms with Crippen LogP contribution in [0.4, 0.5) is 5.13 Å². The number of carbonyl (C=O) groups excluding carboxylic acids is 1. The van der Waals surface area contributed by atoms with Crippen molar-refractivity contribution in [3.05, 3.63) is 60.2 Å². The molecule has 166 valence electrons. The molecule has 4 aromatic rings. The Balaban J connectivity index is 0.00000245. The summed E-state index contributed by atoms with van der Waals surface area (Å²) in [5, 5.41) is 2.84. The minimum Gasteiger partial charge on any atom is -1.00 e. The fraction of sp³-hybridized carbons (Fsp3) is 0.250. The van der Waals surface area contributed by atoms with Gasteiger partial charge < -0.3 is 26.8 Å². The lowest BCUT2D eigenvalue weighted by atomic mass is 10.1. The Labute approximate surface area is 196 Å². The zero-order chi connectivity index (χ0) is 21.4. The number of benzene rings is 3. The summed E-state index contributed by atoms with van der Waals surface area (Å²) in [5.74, 6) is 1.38. The predicted octanol–water partition coefficient (Wildman–Crippen LogP) is 1.43. The van der Waals surface area contributed by atoms with Crippen LogP contribution in [0.1, 0.15) is 10.4 Å². The second-order valence-corrected chi connectivity index (χ2v) is 8.79. The molecule has 0 spiro atoms. The molecule has 3 aromatic carbocycles. The largest absolute Gasteiger partial charge is 1.00 e. The summed E-state index contributed by atoms with van der Waals surface area (Å²) < 4.78 is 12.4. The van der Waals surface area contributed by atoms with Crippen LogP contribution in [0.2, 0.25) is 0 Å². The zero-order valence-electron chi connectivity index (χ0n) is 17.9. The SMILES string of the molecule is CN(C)CCN(C(=O)c1ccc2ccccc2c1)c1nc2cc3c(cc2s1)OCCO3.[Cl-]. The molecule has 0 aliphatic carbocycles. The second-order valence-electron chi connectivity index (χ2n) is 7.78. The van der Waals surface area contributed by atoms with Gasteiger partial charge in [0.15, 0.2) is 16.6 Å². The Morgan fingerprint density at radius 1 is 0.969 bits per heavy atom. The first-order chi connectivity index (χ1) is 15.1. The van der Waals surface area contributed by atoms with Gasteiger partial charge in [0.1, 0.15) is 13.2 Å². The van der Waals surface area contributed by atoms with Gasteiger partial charge in [-0.3, -0.25) is 9.69 Å². The number of hydrogen-bond acceptors (Lipinski definition) is 6. The highest BCUT2D eigenvalue weighted by molar-refractivity contribution is 7.22. The van der Waals surface area contributed by atoms with Crippen molar-refractivity contribution < 1.29 is 26.7 Å². The van der Waals surface area contributed by atoms with Crippen molar-refractivity contribution in [2.45, 2.75) is 0 Å². The standard InChI is InChI=1S/C24H23N3O3S.ClH/c1-26(2)9-10-27(23(28)18-8-7-16-5-3-4-6-17(16)13-18)24-25-19-14-20-21(15-22(19)31-24)30-12-11-29-20;/h3-8,13-15H,9-12H2,1-2H3;1H/p-1.